The van der Waals surface area contributed by atoms with Crippen molar-refractivity contribution in [3.05, 3.63) is 34.9 Å². The number of rotatable bonds is 4. The van der Waals surface area contributed by atoms with E-state index in [0.717, 1.165) is 12.0 Å². The summed E-state index contributed by atoms with van der Waals surface area (Å²) in [4.78, 5) is 25.7. The fourth-order valence-electron chi connectivity index (χ4n) is 2.34. The minimum absolute atomic E-state index is 0.0786. The van der Waals surface area contributed by atoms with Gasteiger partial charge in [-0.1, -0.05) is 30.7 Å². The van der Waals surface area contributed by atoms with Gasteiger partial charge in [0.2, 0.25) is 5.91 Å². The van der Waals surface area contributed by atoms with Gasteiger partial charge in [-0.25, -0.2) is 0 Å². The van der Waals surface area contributed by atoms with Crippen molar-refractivity contribution in [3.8, 4) is 0 Å². The van der Waals surface area contributed by atoms with Crippen molar-refractivity contribution in [2.24, 2.45) is 0 Å². The number of morpholine rings is 1. The highest BCUT2D eigenvalue weighted by atomic mass is 35.5. The van der Waals surface area contributed by atoms with E-state index in [2.05, 4.69) is 5.32 Å². The topological polar surface area (TPSA) is 58.6 Å². The fourth-order valence-corrected chi connectivity index (χ4v) is 2.46. The van der Waals surface area contributed by atoms with Crippen LogP contribution in [0.4, 0.5) is 0 Å². The number of likely N-dealkylation sites (N-methyl/N-ethyl adjacent to an activating group) is 1. The summed E-state index contributed by atoms with van der Waals surface area (Å²) in [7, 11) is 1.68. The summed E-state index contributed by atoms with van der Waals surface area (Å²) in [6, 6.07) is 6.66. The largest absolute Gasteiger partial charge is 0.356 e. The molecule has 1 N–H and O–H groups in total. The normalized spacial score (nSPS) is 22.2. The van der Waals surface area contributed by atoms with E-state index in [1.165, 1.54) is 0 Å². The van der Waals surface area contributed by atoms with Crippen LogP contribution in [0.3, 0.4) is 0 Å². The van der Waals surface area contributed by atoms with E-state index in [1.807, 2.05) is 19.1 Å². The molecule has 1 saturated heterocycles. The van der Waals surface area contributed by atoms with Gasteiger partial charge in [0.25, 0.3) is 5.91 Å². The minimum atomic E-state index is -0.708. The van der Waals surface area contributed by atoms with Gasteiger partial charge >= 0.3 is 0 Å². The van der Waals surface area contributed by atoms with Crippen molar-refractivity contribution in [1.29, 1.82) is 0 Å². The average molecular weight is 311 g/mol. The maximum absolute atomic E-state index is 12.3. The molecule has 1 aliphatic heterocycles. The Morgan fingerprint density at radius 1 is 1.43 bits per heavy atom. The number of hydrogen-bond acceptors (Lipinski definition) is 3. The molecule has 0 saturated carbocycles. The molecule has 114 valence electrons. The molecule has 0 radical (unpaired) electrons. The first-order chi connectivity index (χ1) is 10.0. The molecule has 0 aliphatic carbocycles. The molecule has 2 atom stereocenters. The monoisotopic (exact) mass is 310 g/mol. The quantitative estimate of drug-likeness (QED) is 0.922. The first-order valence-electron chi connectivity index (χ1n) is 6.95. The minimum Gasteiger partial charge on any atom is -0.356 e. The van der Waals surface area contributed by atoms with Crippen LogP contribution >= 0.6 is 11.6 Å². The van der Waals surface area contributed by atoms with Gasteiger partial charge in [0.15, 0.2) is 6.10 Å². The van der Waals surface area contributed by atoms with Gasteiger partial charge in [0.1, 0.15) is 6.61 Å². The highest BCUT2D eigenvalue weighted by Gasteiger charge is 2.39. The number of nitrogens with zero attached hydrogens (tertiary/aromatic N) is 1. The zero-order valence-corrected chi connectivity index (χ0v) is 12.9. The van der Waals surface area contributed by atoms with E-state index in [1.54, 1.807) is 24.1 Å². The summed E-state index contributed by atoms with van der Waals surface area (Å²) >= 11 is 5.89. The maximum atomic E-state index is 12.3. The third kappa shape index (κ3) is 3.54. The summed E-state index contributed by atoms with van der Waals surface area (Å²) in [6.07, 6.45) is 0.138. The predicted molar refractivity (Wildman–Crippen MR) is 80.0 cm³/mol. The van der Waals surface area contributed by atoms with E-state index >= 15 is 0 Å². The summed E-state index contributed by atoms with van der Waals surface area (Å²) in [5.74, 6) is -0.342. The van der Waals surface area contributed by atoms with Gasteiger partial charge in [-0.2, -0.15) is 0 Å². The van der Waals surface area contributed by atoms with Crippen LogP contribution in [-0.4, -0.2) is 43.0 Å². The molecule has 1 aliphatic rings. The van der Waals surface area contributed by atoms with Crippen molar-refractivity contribution in [2.45, 2.75) is 25.5 Å². The Labute approximate surface area is 129 Å². The second-order valence-corrected chi connectivity index (χ2v) is 5.46. The van der Waals surface area contributed by atoms with Crippen LogP contribution in [0.2, 0.25) is 5.02 Å². The van der Waals surface area contributed by atoms with Gasteiger partial charge in [0.05, 0.1) is 6.04 Å². The average Bonchev–Trinajstić information content (AvgIpc) is 2.48. The van der Waals surface area contributed by atoms with Crippen molar-refractivity contribution in [1.82, 2.24) is 10.2 Å². The number of ether oxygens (including phenoxy) is 1. The van der Waals surface area contributed by atoms with Crippen molar-refractivity contribution in [2.75, 3.05) is 20.2 Å². The van der Waals surface area contributed by atoms with Crippen molar-refractivity contribution >= 4 is 23.4 Å². The lowest BCUT2D eigenvalue weighted by atomic mass is 9.97. The van der Waals surface area contributed by atoms with Crippen LogP contribution in [0.25, 0.3) is 0 Å². The fraction of sp³-hybridized carbons (Fsp3) is 0.467. The molecule has 1 heterocycles. The zero-order chi connectivity index (χ0) is 15.4. The Morgan fingerprint density at radius 2 is 2.10 bits per heavy atom. The first kappa shape index (κ1) is 15.8. The molecule has 0 unspecified atom stereocenters. The molecular formula is C15H19ClN2O3. The maximum Gasteiger partial charge on any atom is 0.251 e. The molecule has 2 amide bonds. The molecule has 21 heavy (non-hydrogen) atoms. The third-order valence-electron chi connectivity index (χ3n) is 3.50. The van der Waals surface area contributed by atoms with E-state index in [9.17, 15) is 9.59 Å². The van der Waals surface area contributed by atoms with Crippen LogP contribution in [0.1, 0.15) is 24.9 Å². The molecule has 1 aromatic carbocycles. The molecular weight excluding hydrogens is 292 g/mol. The summed E-state index contributed by atoms with van der Waals surface area (Å²) in [5.41, 5.74) is 0.826. The van der Waals surface area contributed by atoms with Gasteiger partial charge in [-0.15, -0.1) is 0 Å². The van der Waals surface area contributed by atoms with Crippen LogP contribution in [0.15, 0.2) is 24.3 Å². The molecule has 1 fully saturated rings. The third-order valence-corrected chi connectivity index (χ3v) is 3.75. The van der Waals surface area contributed by atoms with Gasteiger partial charge in [0, 0.05) is 18.6 Å². The standard InChI is InChI=1S/C15H19ClN2O3/c1-3-8-17-15(20)14-13(18(2)12(19)9-21-14)10-4-6-11(16)7-5-10/h4-7,13-14H,3,8-9H2,1-2H3,(H,17,20)/t13-,14+/m1/s1. The molecule has 0 spiro atoms. The van der Waals surface area contributed by atoms with Gasteiger partial charge in [-0.3, -0.25) is 9.59 Å². The second kappa shape index (κ2) is 6.91. The number of carbonyl (C=O) groups excluding carboxylic acids is 2. The number of benzene rings is 1. The van der Waals surface area contributed by atoms with E-state index in [4.69, 9.17) is 16.3 Å². The smallest absolute Gasteiger partial charge is 0.251 e. The number of nitrogens with one attached hydrogen (secondary N) is 1. The van der Waals surface area contributed by atoms with Gasteiger partial charge < -0.3 is 15.0 Å². The summed E-state index contributed by atoms with van der Waals surface area (Å²) in [6.45, 7) is 2.49. The van der Waals surface area contributed by atoms with Gasteiger partial charge in [-0.05, 0) is 24.1 Å². The lowest BCUT2D eigenvalue weighted by Crippen LogP contribution is -2.53. The highest BCUT2D eigenvalue weighted by molar-refractivity contribution is 6.30. The van der Waals surface area contributed by atoms with Crippen molar-refractivity contribution < 1.29 is 14.3 Å². The van der Waals surface area contributed by atoms with E-state index < -0.39 is 12.1 Å². The lowest BCUT2D eigenvalue weighted by molar-refractivity contribution is -0.162. The molecule has 0 bridgehead atoms. The zero-order valence-electron chi connectivity index (χ0n) is 12.1. The lowest BCUT2D eigenvalue weighted by Gasteiger charge is -2.38. The number of halogens is 1. The van der Waals surface area contributed by atoms with Crippen molar-refractivity contribution in [3.63, 3.8) is 0 Å². The van der Waals surface area contributed by atoms with Crippen LogP contribution in [-0.2, 0) is 14.3 Å². The number of hydrogen-bond donors (Lipinski definition) is 1. The molecule has 0 aromatic heterocycles. The van der Waals surface area contributed by atoms with E-state index in [-0.39, 0.29) is 18.4 Å². The number of carbonyl (C=O) groups is 2. The second-order valence-electron chi connectivity index (χ2n) is 5.02. The Balaban J connectivity index is 2.26. The highest BCUT2D eigenvalue weighted by Crippen LogP contribution is 2.29. The summed E-state index contributed by atoms with van der Waals surface area (Å²) < 4.78 is 5.48. The number of amides is 2. The Bertz CT molecular complexity index is 518. The molecule has 2 rings (SSSR count). The van der Waals surface area contributed by atoms with Crippen LogP contribution < -0.4 is 5.32 Å². The first-order valence-corrected chi connectivity index (χ1v) is 7.32. The van der Waals surface area contributed by atoms with Crippen LogP contribution in [0.5, 0.6) is 0 Å². The Kier molecular flexibility index (Phi) is 5.20. The predicted octanol–water partition coefficient (Wildman–Crippen LogP) is 1.76. The molecule has 5 nitrogen and oxygen atoms in total. The Morgan fingerprint density at radius 3 is 2.71 bits per heavy atom. The van der Waals surface area contributed by atoms with Crippen LogP contribution in [0, 0.1) is 0 Å². The molecule has 1 aromatic rings. The Hall–Kier alpha value is -1.59. The SMILES string of the molecule is CCCNC(=O)[C@H]1OCC(=O)N(C)[C@@H]1c1ccc(Cl)cc1. The summed E-state index contributed by atoms with van der Waals surface area (Å²) in [5, 5.41) is 3.43. The molecule has 6 heteroatoms. The van der Waals surface area contributed by atoms with E-state index in [0.29, 0.717) is 11.6 Å².